The van der Waals surface area contributed by atoms with Gasteiger partial charge in [-0.3, -0.25) is 0 Å². The molecule has 3 heterocycles. The Bertz CT molecular complexity index is 1400. The predicted octanol–water partition coefficient (Wildman–Crippen LogP) is 3.56. The third kappa shape index (κ3) is 3.90. The van der Waals surface area contributed by atoms with E-state index >= 15 is 0 Å². The third-order valence-corrected chi connectivity index (χ3v) is 7.56. The quantitative estimate of drug-likeness (QED) is 0.479. The van der Waals surface area contributed by atoms with E-state index in [0.717, 1.165) is 0 Å². The largest absolute Gasteiger partial charge is 0.414 e. The molecule has 0 amide bonds. The van der Waals surface area contributed by atoms with E-state index < -0.39 is 15.1 Å². The van der Waals surface area contributed by atoms with Crippen molar-refractivity contribution >= 4 is 27.0 Å². The van der Waals surface area contributed by atoms with Gasteiger partial charge in [0, 0.05) is 10.9 Å². The molecule has 0 aliphatic rings. The summed E-state index contributed by atoms with van der Waals surface area (Å²) < 4.78 is 30.3. The first-order chi connectivity index (χ1) is 14.8. The summed E-state index contributed by atoms with van der Waals surface area (Å²) in [6.45, 7) is 3.27. The smallest absolute Gasteiger partial charge is 0.270 e. The molecule has 0 atom stereocenters. The highest BCUT2D eigenvalue weighted by molar-refractivity contribution is 7.92. The van der Waals surface area contributed by atoms with Crippen molar-refractivity contribution in [2.45, 2.75) is 24.0 Å². The zero-order chi connectivity index (χ0) is 22.2. The molecule has 0 spiro atoms. The molecule has 3 aromatic heterocycles. The number of thiophene rings is 1. The summed E-state index contributed by atoms with van der Waals surface area (Å²) in [4.78, 5) is 9.54. The summed E-state index contributed by atoms with van der Waals surface area (Å²) in [6.07, 6.45) is 1.49. The van der Waals surface area contributed by atoms with Crippen molar-refractivity contribution in [2.75, 3.05) is 5.73 Å². The Morgan fingerprint density at radius 3 is 2.52 bits per heavy atom. The van der Waals surface area contributed by atoms with Gasteiger partial charge in [0.1, 0.15) is 6.07 Å². The monoisotopic (exact) mass is 452 g/mol. The molecule has 4 rings (SSSR count). The maximum absolute atomic E-state index is 12.3. The van der Waals surface area contributed by atoms with E-state index in [2.05, 4.69) is 26.2 Å². The lowest BCUT2D eigenvalue weighted by Crippen LogP contribution is -2.13. The van der Waals surface area contributed by atoms with Crippen molar-refractivity contribution in [1.29, 1.82) is 5.26 Å². The molecule has 31 heavy (non-hydrogen) atoms. The lowest BCUT2D eigenvalue weighted by molar-refractivity contribution is 0.583. The molecule has 0 fully saturated rings. The fraction of sp³-hybridized carbons (Fsp3) is 0.150. The maximum atomic E-state index is 12.3. The zero-order valence-electron chi connectivity index (χ0n) is 16.5. The summed E-state index contributed by atoms with van der Waals surface area (Å²) in [5.41, 5.74) is 7.82. The van der Waals surface area contributed by atoms with Crippen molar-refractivity contribution in [2.24, 2.45) is 0 Å². The van der Waals surface area contributed by atoms with E-state index in [9.17, 15) is 8.42 Å². The molecule has 0 unspecified atom stereocenters. The van der Waals surface area contributed by atoms with Crippen LogP contribution in [-0.4, -0.2) is 33.8 Å². The molecule has 0 radical (unpaired) electrons. The fourth-order valence-corrected chi connectivity index (χ4v) is 4.52. The zero-order valence-corrected chi connectivity index (χ0v) is 18.1. The summed E-state index contributed by atoms with van der Waals surface area (Å²) in [5.74, 6) is 0.450. The van der Waals surface area contributed by atoms with Gasteiger partial charge in [-0.1, -0.05) is 12.1 Å². The van der Waals surface area contributed by atoms with Gasteiger partial charge in [0.05, 0.1) is 32.5 Å². The van der Waals surface area contributed by atoms with E-state index in [1.807, 2.05) is 0 Å². The average molecular weight is 453 g/mol. The first-order valence-electron chi connectivity index (χ1n) is 9.09. The Kier molecular flexibility index (Phi) is 5.26. The van der Waals surface area contributed by atoms with Crippen LogP contribution in [0.5, 0.6) is 0 Å². The summed E-state index contributed by atoms with van der Waals surface area (Å²) in [6, 6.07) is 10.1. The standard InChI is InChI=1S/C20H16N6O3S2/c1-11(2)31(27,28)14-5-3-13(4-6-14)15-9-23-18(22)17(24-15)20-26-25-19(29-20)16-7-12(8-21)10-30-16/h3-7,9-11H,1-2H3,(H2,22,23). The Morgan fingerprint density at radius 2 is 1.87 bits per heavy atom. The lowest BCUT2D eigenvalue weighted by Gasteiger charge is -2.09. The van der Waals surface area contributed by atoms with Gasteiger partial charge >= 0.3 is 0 Å². The Labute approximate surface area is 182 Å². The van der Waals surface area contributed by atoms with Crippen molar-refractivity contribution in [1.82, 2.24) is 20.2 Å². The molecule has 156 valence electrons. The van der Waals surface area contributed by atoms with Crippen LogP contribution >= 0.6 is 11.3 Å². The van der Waals surface area contributed by atoms with Crippen molar-refractivity contribution < 1.29 is 12.8 Å². The highest BCUT2D eigenvalue weighted by Crippen LogP contribution is 2.31. The topological polar surface area (TPSA) is 149 Å². The average Bonchev–Trinajstić information content (AvgIpc) is 3.43. The van der Waals surface area contributed by atoms with Crippen LogP contribution in [0, 0.1) is 11.3 Å². The van der Waals surface area contributed by atoms with Gasteiger partial charge in [0.2, 0.25) is 0 Å². The second kappa shape index (κ2) is 7.90. The molecule has 0 saturated carbocycles. The van der Waals surface area contributed by atoms with Gasteiger partial charge < -0.3 is 10.2 Å². The Morgan fingerprint density at radius 1 is 1.16 bits per heavy atom. The number of rotatable bonds is 5. The van der Waals surface area contributed by atoms with Gasteiger partial charge in [-0.25, -0.2) is 18.4 Å². The van der Waals surface area contributed by atoms with Crippen molar-refractivity contribution in [3.05, 3.63) is 47.5 Å². The van der Waals surface area contributed by atoms with Crippen molar-refractivity contribution in [3.63, 3.8) is 0 Å². The number of nitriles is 1. The first kappa shape index (κ1) is 20.6. The van der Waals surface area contributed by atoms with Crippen LogP contribution in [0.25, 0.3) is 33.6 Å². The van der Waals surface area contributed by atoms with E-state index in [-0.39, 0.29) is 28.2 Å². The predicted molar refractivity (Wildman–Crippen MR) is 116 cm³/mol. The number of benzene rings is 1. The Hall–Kier alpha value is -3.62. The molecule has 4 aromatic rings. The lowest BCUT2D eigenvalue weighted by atomic mass is 10.1. The normalized spacial score (nSPS) is 11.5. The van der Waals surface area contributed by atoms with Crippen molar-refractivity contribution in [3.8, 4) is 39.7 Å². The highest BCUT2D eigenvalue weighted by Gasteiger charge is 2.20. The minimum atomic E-state index is -3.37. The molecule has 0 aliphatic carbocycles. The summed E-state index contributed by atoms with van der Waals surface area (Å²) >= 11 is 1.31. The number of anilines is 1. The number of hydrogen-bond acceptors (Lipinski definition) is 10. The SMILES string of the molecule is CC(C)S(=O)(=O)c1ccc(-c2cnc(N)c(-c3nnc(-c4cc(C#N)cs4)o3)n2)cc1. The van der Waals surface area contributed by atoms with E-state index in [0.29, 0.717) is 21.7 Å². The van der Waals surface area contributed by atoms with Crippen LogP contribution in [0.2, 0.25) is 0 Å². The van der Waals surface area contributed by atoms with Gasteiger partial charge in [-0.2, -0.15) is 5.26 Å². The van der Waals surface area contributed by atoms with Gasteiger partial charge in [0.25, 0.3) is 11.8 Å². The molecular weight excluding hydrogens is 436 g/mol. The molecule has 11 heteroatoms. The number of nitrogens with two attached hydrogens (primary N) is 1. The number of nitrogens with zero attached hydrogens (tertiary/aromatic N) is 5. The molecule has 2 N–H and O–H groups in total. The minimum Gasteiger partial charge on any atom is -0.414 e. The van der Waals surface area contributed by atoms with Crippen LogP contribution in [0.3, 0.4) is 0 Å². The molecule has 9 nitrogen and oxygen atoms in total. The van der Waals surface area contributed by atoms with E-state index in [1.165, 1.54) is 29.7 Å². The third-order valence-electron chi connectivity index (χ3n) is 4.47. The minimum absolute atomic E-state index is 0.0905. The van der Waals surface area contributed by atoms with Gasteiger partial charge in [-0.15, -0.1) is 21.5 Å². The fourth-order valence-electron chi connectivity index (χ4n) is 2.71. The number of hydrogen-bond donors (Lipinski definition) is 1. The van der Waals surface area contributed by atoms with Crippen LogP contribution in [0.15, 0.2) is 51.2 Å². The maximum Gasteiger partial charge on any atom is 0.270 e. The first-order valence-corrected chi connectivity index (χ1v) is 11.5. The Balaban J connectivity index is 1.68. The van der Waals surface area contributed by atoms with E-state index in [4.69, 9.17) is 15.4 Å². The van der Waals surface area contributed by atoms with Crippen LogP contribution in [0.4, 0.5) is 5.82 Å². The molecule has 0 aliphatic heterocycles. The molecule has 0 saturated heterocycles. The second-order valence-electron chi connectivity index (χ2n) is 6.83. The summed E-state index contributed by atoms with van der Waals surface area (Å²) in [5, 5.41) is 18.2. The van der Waals surface area contributed by atoms with Gasteiger partial charge in [0.15, 0.2) is 21.3 Å². The van der Waals surface area contributed by atoms with Crippen LogP contribution in [0.1, 0.15) is 19.4 Å². The molecule has 1 aromatic carbocycles. The highest BCUT2D eigenvalue weighted by atomic mass is 32.2. The van der Waals surface area contributed by atoms with Crippen LogP contribution < -0.4 is 5.73 Å². The molecule has 0 bridgehead atoms. The number of aromatic nitrogens is 4. The van der Waals surface area contributed by atoms with Crippen LogP contribution in [-0.2, 0) is 9.84 Å². The number of sulfone groups is 1. The van der Waals surface area contributed by atoms with Gasteiger partial charge in [-0.05, 0) is 32.0 Å². The number of nitrogen functional groups attached to an aromatic ring is 1. The second-order valence-corrected chi connectivity index (χ2v) is 10.2. The molecular formula is C20H16N6O3S2. The summed E-state index contributed by atoms with van der Waals surface area (Å²) in [7, 11) is -3.37. The van der Waals surface area contributed by atoms with E-state index in [1.54, 1.807) is 37.4 Å².